The Morgan fingerprint density at radius 3 is 2.95 bits per heavy atom. The number of piperazine rings is 1. The first kappa shape index (κ1) is 14.5. The lowest BCUT2D eigenvalue weighted by molar-refractivity contribution is 0.0448. The Balaban J connectivity index is 2.06. The van der Waals surface area contributed by atoms with Crippen molar-refractivity contribution in [1.29, 1.82) is 0 Å². The zero-order chi connectivity index (χ0) is 13.9. The van der Waals surface area contributed by atoms with E-state index in [1.165, 1.54) is 12.0 Å². The first-order chi connectivity index (χ1) is 9.03. The summed E-state index contributed by atoms with van der Waals surface area (Å²) in [6.07, 6.45) is 5.06. The summed E-state index contributed by atoms with van der Waals surface area (Å²) in [6.45, 7) is 12.4. The van der Waals surface area contributed by atoms with Crippen LogP contribution in [0.5, 0.6) is 0 Å². The lowest BCUT2D eigenvalue weighted by atomic mass is 9.90. The Morgan fingerprint density at radius 2 is 2.32 bits per heavy atom. The molecule has 1 aromatic heterocycles. The standard InChI is InChI=1S/C16H27N3/c1-5-13(2)15-11-19(16(3,4)12-18-15)10-14-7-6-8-17-9-14/h6-9,13,15,18H,5,10-12H2,1-4H3. The quantitative estimate of drug-likeness (QED) is 0.903. The molecule has 1 N–H and O–H groups in total. The number of pyridine rings is 1. The molecule has 2 unspecified atom stereocenters. The molecule has 19 heavy (non-hydrogen) atoms. The Kier molecular flexibility index (Phi) is 4.58. The highest BCUT2D eigenvalue weighted by Crippen LogP contribution is 2.24. The zero-order valence-electron chi connectivity index (χ0n) is 12.7. The third-order valence-corrected chi connectivity index (χ3v) is 4.50. The van der Waals surface area contributed by atoms with Gasteiger partial charge in [0.25, 0.3) is 0 Å². The molecule has 106 valence electrons. The molecule has 2 rings (SSSR count). The summed E-state index contributed by atoms with van der Waals surface area (Å²) in [4.78, 5) is 6.82. The summed E-state index contributed by atoms with van der Waals surface area (Å²) in [5.74, 6) is 0.729. The van der Waals surface area contributed by atoms with E-state index >= 15 is 0 Å². The Morgan fingerprint density at radius 1 is 1.53 bits per heavy atom. The maximum Gasteiger partial charge on any atom is 0.0312 e. The van der Waals surface area contributed by atoms with Gasteiger partial charge in [-0.25, -0.2) is 0 Å². The summed E-state index contributed by atoms with van der Waals surface area (Å²) in [5, 5.41) is 3.72. The maximum absolute atomic E-state index is 4.23. The van der Waals surface area contributed by atoms with Crippen LogP contribution in [0.25, 0.3) is 0 Å². The van der Waals surface area contributed by atoms with Crippen molar-refractivity contribution in [3.8, 4) is 0 Å². The second kappa shape index (κ2) is 6.02. The molecule has 3 heteroatoms. The molecule has 3 nitrogen and oxygen atoms in total. The average Bonchev–Trinajstić information content (AvgIpc) is 2.41. The molecular weight excluding hydrogens is 234 g/mol. The van der Waals surface area contributed by atoms with E-state index in [2.05, 4.69) is 49.0 Å². The minimum atomic E-state index is 0.208. The molecule has 1 aliphatic rings. The second-order valence-electron chi connectivity index (χ2n) is 6.43. The average molecular weight is 261 g/mol. The van der Waals surface area contributed by atoms with Crippen molar-refractivity contribution in [3.63, 3.8) is 0 Å². The van der Waals surface area contributed by atoms with Crippen LogP contribution in [0.3, 0.4) is 0 Å². The fraction of sp³-hybridized carbons (Fsp3) is 0.688. The van der Waals surface area contributed by atoms with Gasteiger partial charge in [0.1, 0.15) is 0 Å². The number of nitrogens with one attached hydrogen (secondary N) is 1. The number of rotatable bonds is 4. The minimum absolute atomic E-state index is 0.208. The van der Waals surface area contributed by atoms with Crippen molar-refractivity contribution in [1.82, 2.24) is 15.2 Å². The van der Waals surface area contributed by atoms with Gasteiger partial charge in [-0.2, -0.15) is 0 Å². The fourth-order valence-electron chi connectivity index (χ4n) is 2.70. The Labute approximate surface area is 117 Å². The van der Waals surface area contributed by atoms with Gasteiger partial charge in [0.15, 0.2) is 0 Å². The molecule has 1 aliphatic heterocycles. The molecule has 1 aromatic rings. The molecule has 0 radical (unpaired) electrons. The van der Waals surface area contributed by atoms with E-state index in [0.717, 1.165) is 25.6 Å². The van der Waals surface area contributed by atoms with Gasteiger partial charge in [-0.05, 0) is 31.4 Å². The van der Waals surface area contributed by atoms with Gasteiger partial charge < -0.3 is 5.32 Å². The van der Waals surface area contributed by atoms with Crippen molar-refractivity contribution in [2.24, 2.45) is 5.92 Å². The van der Waals surface area contributed by atoms with Gasteiger partial charge in [-0.3, -0.25) is 9.88 Å². The topological polar surface area (TPSA) is 28.2 Å². The van der Waals surface area contributed by atoms with Crippen molar-refractivity contribution < 1.29 is 0 Å². The first-order valence-corrected chi connectivity index (χ1v) is 7.40. The molecule has 1 saturated heterocycles. The maximum atomic E-state index is 4.23. The molecule has 0 aliphatic carbocycles. The van der Waals surface area contributed by atoms with Crippen molar-refractivity contribution in [3.05, 3.63) is 30.1 Å². The molecule has 0 amide bonds. The van der Waals surface area contributed by atoms with Gasteiger partial charge >= 0.3 is 0 Å². The molecule has 1 fully saturated rings. The Hall–Kier alpha value is -0.930. The fourth-order valence-corrected chi connectivity index (χ4v) is 2.70. The number of hydrogen-bond acceptors (Lipinski definition) is 3. The normalized spacial score (nSPS) is 25.2. The van der Waals surface area contributed by atoms with E-state index in [0.29, 0.717) is 6.04 Å². The van der Waals surface area contributed by atoms with Gasteiger partial charge in [0.2, 0.25) is 0 Å². The number of aromatic nitrogens is 1. The SMILES string of the molecule is CCC(C)C1CN(Cc2cccnc2)C(C)(C)CN1. The molecule has 0 spiro atoms. The first-order valence-electron chi connectivity index (χ1n) is 7.40. The summed E-state index contributed by atoms with van der Waals surface area (Å²) in [7, 11) is 0. The molecule has 0 saturated carbocycles. The molecule has 0 bridgehead atoms. The largest absolute Gasteiger partial charge is 0.311 e. The van der Waals surface area contributed by atoms with E-state index in [1.54, 1.807) is 0 Å². The van der Waals surface area contributed by atoms with Crippen LogP contribution in [0.1, 0.15) is 39.7 Å². The predicted octanol–water partition coefficient (Wildman–Crippen LogP) is 2.68. The number of nitrogens with zero attached hydrogens (tertiary/aromatic N) is 2. The summed E-state index contributed by atoms with van der Waals surface area (Å²) >= 11 is 0. The van der Waals surface area contributed by atoms with Gasteiger partial charge in [-0.15, -0.1) is 0 Å². The van der Waals surface area contributed by atoms with Crippen LogP contribution < -0.4 is 5.32 Å². The van der Waals surface area contributed by atoms with Crippen LogP contribution in [0, 0.1) is 5.92 Å². The highest BCUT2D eigenvalue weighted by atomic mass is 15.3. The summed E-state index contributed by atoms with van der Waals surface area (Å²) in [5.41, 5.74) is 1.51. The number of hydrogen-bond donors (Lipinski definition) is 1. The van der Waals surface area contributed by atoms with Gasteiger partial charge in [-0.1, -0.05) is 26.3 Å². The third kappa shape index (κ3) is 3.54. The van der Waals surface area contributed by atoms with Gasteiger partial charge in [0.05, 0.1) is 0 Å². The van der Waals surface area contributed by atoms with Crippen LogP contribution in [-0.2, 0) is 6.54 Å². The summed E-state index contributed by atoms with van der Waals surface area (Å²) < 4.78 is 0. The lowest BCUT2D eigenvalue weighted by Crippen LogP contribution is -2.62. The lowest BCUT2D eigenvalue weighted by Gasteiger charge is -2.47. The molecule has 0 aromatic carbocycles. The van der Waals surface area contributed by atoms with E-state index in [4.69, 9.17) is 0 Å². The third-order valence-electron chi connectivity index (χ3n) is 4.50. The van der Waals surface area contributed by atoms with Crippen LogP contribution in [0.2, 0.25) is 0 Å². The predicted molar refractivity (Wildman–Crippen MR) is 80.0 cm³/mol. The zero-order valence-corrected chi connectivity index (χ0v) is 12.7. The van der Waals surface area contributed by atoms with Crippen LogP contribution in [0.15, 0.2) is 24.5 Å². The smallest absolute Gasteiger partial charge is 0.0312 e. The highest BCUT2D eigenvalue weighted by molar-refractivity contribution is 5.10. The van der Waals surface area contributed by atoms with E-state index in [1.807, 2.05) is 18.5 Å². The molecule has 2 atom stereocenters. The van der Waals surface area contributed by atoms with E-state index < -0.39 is 0 Å². The van der Waals surface area contributed by atoms with Crippen molar-refractivity contribution in [2.75, 3.05) is 13.1 Å². The second-order valence-corrected chi connectivity index (χ2v) is 6.43. The minimum Gasteiger partial charge on any atom is -0.311 e. The molecular formula is C16H27N3. The van der Waals surface area contributed by atoms with Crippen LogP contribution in [0.4, 0.5) is 0 Å². The Bertz CT molecular complexity index is 388. The summed E-state index contributed by atoms with van der Waals surface area (Å²) in [6, 6.07) is 4.80. The highest BCUT2D eigenvalue weighted by Gasteiger charge is 2.35. The van der Waals surface area contributed by atoms with Crippen LogP contribution in [-0.4, -0.2) is 34.6 Å². The molecule has 2 heterocycles. The van der Waals surface area contributed by atoms with Crippen molar-refractivity contribution >= 4 is 0 Å². The van der Waals surface area contributed by atoms with Crippen LogP contribution >= 0.6 is 0 Å². The van der Waals surface area contributed by atoms with E-state index in [-0.39, 0.29) is 5.54 Å². The van der Waals surface area contributed by atoms with Crippen molar-refractivity contribution in [2.45, 2.75) is 52.2 Å². The monoisotopic (exact) mass is 261 g/mol. The van der Waals surface area contributed by atoms with Gasteiger partial charge in [0, 0.05) is 43.6 Å². The van der Waals surface area contributed by atoms with E-state index in [9.17, 15) is 0 Å².